The second kappa shape index (κ2) is 5.17. The molecule has 2 N–H and O–H groups in total. The van der Waals surface area contributed by atoms with Crippen LogP contribution in [0.15, 0.2) is 24.9 Å². The van der Waals surface area contributed by atoms with Crippen LogP contribution in [0.1, 0.15) is 5.69 Å². The third-order valence-electron chi connectivity index (χ3n) is 1.95. The lowest BCUT2D eigenvalue weighted by atomic mass is 10.4. The van der Waals surface area contributed by atoms with Gasteiger partial charge in [-0.25, -0.2) is 14.6 Å². The molecule has 2 rings (SSSR count). The van der Waals surface area contributed by atoms with Gasteiger partial charge in [-0.05, 0) is 0 Å². The van der Waals surface area contributed by atoms with Gasteiger partial charge in [0, 0.05) is 0 Å². The first-order valence-electron chi connectivity index (χ1n) is 4.87. The predicted octanol–water partition coefficient (Wildman–Crippen LogP) is -0.328. The van der Waals surface area contributed by atoms with Gasteiger partial charge in [0.1, 0.15) is 12.0 Å². The number of nitrogens with zero attached hydrogens (tertiary/aromatic N) is 5. The average molecular weight is 220 g/mol. The van der Waals surface area contributed by atoms with Crippen molar-refractivity contribution < 1.29 is 5.11 Å². The molecule has 0 unspecified atom stereocenters. The largest absolute Gasteiger partial charge is 0.394 e. The zero-order valence-electron chi connectivity index (χ0n) is 8.61. The summed E-state index contributed by atoms with van der Waals surface area (Å²) in [5, 5.41) is 19.6. The molecule has 0 aromatic carbocycles. The van der Waals surface area contributed by atoms with Gasteiger partial charge in [-0.2, -0.15) is 0 Å². The van der Waals surface area contributed by atoms with Crippen molar-refractivity contribution in [2.24, 2.45) is 0 Å². The number of nitrogens with one attached hydrogen (secondary N) is 1. The lowest BCUT2D eigenvalue weighted by Gasteiger charge is -2.01. The molecule has 0 aliphatic rings. The number of aliphatic hydroxyl groups excluding tert-OH is 1. The van der Waals surface area contributed by atoms with Gasteiger partial charge in [-0.1, -0.05) is 5.21 Å². The zero-order valence-corrected chi connectivity index (χ0v) is 8.61. The van der Waals surface area contributed by atoms with Crippen LogP contribution < -0.4 is 5.32 Å². The minimum absolute atomic E-state index is 0.0583. The van der Waals surface area contributed by atoms with E-state index in [0.717, 1.165) is 11.4 Å². The molecular formula is C9H12N6O. The number of anilines is 1. The summed E-state index contributed by atoms with van der Waals surface area (Å²) in [6, 6.07) is 0. The molecule has 0 bridgehead atoms. The Morgan fingerprint density at radius 1 is 1.31 bits per heavy atom. The van der Waals surface area contributed by atoms with E-state index >= 15 is 0 Å². The summed E-state index contributed by atoms with van der Waals surface area (Å²) in [5.41, 5.74) is 1.64. The van der Waals surface area contributed by atoms with E-state index in [4.69, 9.17) is 5.11 Å². The van der Waals surface area contributed by atoms with Crippen molar-refractivity contribution in [2.45, 2.75) is 13.1 Å². The molecule has 0 saturated carbocycles. The summed E-state index contributed by atoms with van der Waals surface area (Å²) in [5.74, 6) is 0. The molecule has 0 aliphatic carbocycles. The van der Waals surface area contributed by atoms with E-state index in [1.54, 1.807) is 23.3 Å². The molecule has 7 heteroatoms. The number of aliphatic hydroxyl groups is 1. The van der Waals surface area contributed by atoms with Crippen LogP contribution in [-0.2, 0) is 13.1 Å². The van der Waals surface area contributed by atoms with Crippen molar-refractivity contribution in [1.29, 1.82) is 0 Å². The molecule has 7 nitrogen and oxygen atoms in total. The Morgan fingerprint density at radius 3 is 2.88 bits per heavy atom. The summed E-state index contributed by atoms with van der Waals surface area (Å²) < 4.78 is 1.60. The third kappa shape index (κ3) is 2.74. The van der Waals surface area contributed by atoms with E-state index in [0.29, 0.717) is 13.1 Å². The SMILES string of the molecule is OCCn1cc(CNc2cncnc2)nn1. The number of hydrogen-bond acceptors (Lipinski definition) is 6. The molecule has 0 amide bonds. The van der Waals surface area contributed by atoms with Crippen LogP contribution in [0.2, 0.25) is 0 Å². The molecule has 0 saturated heterocycles. The average Bonchev–Trinajstić information content (AvgIpc) is 2.76. The Morgan fingerprint density at radius 2 is 2.12 bits per heavy atom. The highest BCUT2D eigenvalue weighted by molar-refractivity contribution is 5.37. The summed E-state index contributed by atoms with van der Waals surface area (Å²) in [7, 11) is 0. The van der Waals surface area contributed by atoms with Gasteiger partial charge in [0.15, 0.2) is 0 Å². The van der Waals surface area contributed by atoms with Gasteiger partial charge in [0.05, 0.1) is 44.0 Å². The molecule has 84 valence electrons. The summed E-state index contributed by atoms with van der Waals surface area (Å²) >= 11 is 0. The Hall–Kier alpha value is -2.02. The van der Waals surface area contributed by atoms with Crippen molar-refractivity contribution in [3.05, 3.63) is 30.6 Å². The second-order valence-electron chi connectivity index (χ2n) is 3.18. The number of rotatable bonds is 5. The van der Waals surface area contributed by atoms with Gasteiger partial charge in [0.25, 0.3) is 0 Å². The Balaban J connectivity index is 1.89. The standard InChI is InChI=1S/C9H12N6O/c16-2-1-15-6-9(13-14-15)5-12-8-3-10-7-11-4-8/h3-4,6-7,12,16H,1-2,5H2. The smallest absolute Gasteiger partial charge is 0.115 e. The van der Waals surface area contributed by atoms with Crippen LogP contribution in [0.5, 0.6) is 0 Å². The molecule has 2 heterocycles. The molecule has 0 aliphatic heterocycles. The molecule has 2 aromatic heterocycles. The van der Waals surface area contributed by atoms with Gasteiger partial charge in [-0.3, -0.25) is 0 Å². The summed E-state index contributed by atoms with van der Waals surface area (Å²) in [4.78, 5) is 7.77. The molecule has 0 radical (unpaired) electrons. The lowest BCUT2D eigenvalue weighted by Crippen LogP contribution is -2.02. The first-order valence-corrected chi connectivity index (χ1v) is 4.87. The first-order chi connectivity index (χ1) is 7.88. The Kier molecular flexibility index (Phi) is 3.39. The van der Waals surface area contributed by atoms with Gasteiger partial charge >= 0.3 is 0 Å². The van der Waals surface area contributed by atoms with Crippen LogP contribution in [-0.4, -0.2) is 36.7 Å². The lowest BCUT2D eigenvalue weighted by molar-refractivity contribution is 0.268. The van der Waals surface area contributed by atoms with E-state index in [1.165, 1.54) is 6.33 Å². The molecule has 0 fully saturated rings. The van der Waals surface area contributed by atoms with E-state index in [1.807, 2.05) is 0 Å². The van der Waals surface area contributed by atoms with Gasteiger partial charge < -0.3 is 10.4 Å². The second-order valence-corrected chi connectivity index (χ2v) is 3.18. The van der Waals surface area contributed by atoms with Crippen molar-refractivity contribution in [1.82, 2.24) is 25.0 Å². The third-order valence-corrected chi connectivity index (χ3v) is 1.95. The first kappa shape index (κ1) is 10.5. The molecule has 2 aromatic rings. The Labute approximate surface area is 92.2 Å². The predicted molar refractivity (Wildman–Crippen MR) is 56.5 cm³/mol. The molecule has 0 atom stereocenters. The zero-order chi connectivity index (χ0) is 11.2. The molecule has 0 spiro atoms. The molecular weight excluding hydrogens is 208 g/mol. The maximum absolute atomic E-state index is 8.72. The minimum atomic E-state index is 0.0583. The fourth-order valence-corrected chi connectivity index (χ4v) is 1.21. The van der Waals surface area contributed by atoms with Gasteiger partial charge in [-0.15, -0.1) is 5.10 Å². The van der Waals surface area contributed by atoms with Crippen molar-refractivity contribution >= 4 is 5.69 Å². The Bertz CT molecular complexity index is 429. The maximum Gasteiger partial charge on any atom is 0.115 e. The molecule has 16 heavy (non-hydrogen) atoms. The minimum Gasteiger partial charge on any atom is -0.394 e. The fourth-order valence-electron chi connectivity index (χ4n) is 1.21. The fraction of sp³-hybridized carbons (Fsp3) is 0.333. The highest BCUT2D eigenvalue weighted by atomic mass is 16.3. The van der Waals surface area contributed by atoms with Crippen molar-refractivity contribution in [2.75, 3.05) is 11.9 Å². The maximum atomic E-state index is 8.72. The number of aromatic nitrogens is 5. The van der Waals surface area contributed by atoms with E-state index in [-0.39, 0.29) is 6.61 Å². The van der Waals surface area contributed by atoms with Crippen molar-refractivity contribution in [3.63, 3.8) is 0 Å². The highest BCUT2D eigenvalue weighted by Crippen LogP contribution is 2.03. The summed E-state index contributed by atoms with van der Waals surface area (Å²) in [6.07, 6.45) is 6.63. The van der Waals surface area contributed by atoms with Crippen LogP contribution in [0.4, 0.5) is 5.69 Å². The monoisotopic (exact) mass is 220 g/mol. The van der Waals surface area contributed by atoms with Crippen LogP contribution in [0.3, 0.4) is 0 Å². The number of hydrogen-bond donors (Lipinski definition) is 2. The van der Waals surface area contributed by atoms with E-state index in [2.05, 4.69) is 25.6 Å². The highest BCUT2D eigenvalue weighted by Gasteiger charge is 2.00. The normalized spacial score (nSPS) is 10.3. The van der Waals surface area contributed by atoms with Crippen LogP contribution >= 0.6 is 0 Å². The van der Waals surface area contributed by atoms with Gasteiger partial charge in [0.2, 0.25) is 0 Å². The summed E-state index contributed by atoms with van der Waals surface area (Å²) in [6.45, 7) is 1.07. The van der Waals surface area contributed by atoms with Crippen LogP contribution in [0.25, 0.3) is 0 Å². The van der Waals surface area contributed by atoms with E-state index in [9.17, 15) is 0 Å². The van der Waals surface area contributed by atoms with Crippen molar-refractivity contribution in [3.8, 4) is 0 Å². The van der Waals surface area contributed by atoms with Crippen LogP contribution in [0, 0.1) is 0 Å². The van der Waals surface area contributed by atoms with E-state index < -0.39 is 0 Å². The topological polar surface area (TPSA) is 88.8 Å². The quantitative estimate of drug-likeness (QED) is 0.717.